The molecule has 0 radical (unpaired) electrons. The molecule has 0 atom stereocenters. The number of Topliss-reactive ketones (excluding diaryl/α,β-unsaturated/α-hetero) is 1. The number of benzene rings is 2. The molecule has 2 aromatic rings. The van der Waals surface area contributed by atoms with Crippen LogP contribution in [-0.4, -0.2) is 23.0 Å². The number of halogens is 3. The van der Waals surface area contributed by atoms with Gasteiger partial charge in [0.15, 0.2) is 11.5 Å². The number of allylic oxidation sites excluding steroid dienone is 1. The Kier molecular flexibility index (Phi) is 4.22. The maximum Gasteiger partial charge on any atom is 0.573 e. The van der Waals surface area contributed by atoms with E-state index in [0.717, 1.165) is 12.1 Å². The van der Waals surface area contributed by atoms with Gasteiger partial charge >= 0.3 is 6.36 Å². The Morgan fingerprint density at radius 2 is 1.69 bits per heavy atom. The van der Waals surface area contributed by atoms with E-state index in [1.165, 1.54) is 24.3 Å². The first kappa shape index (κ1) is 17.2. The van der Waals surface area contributed by atoms with Gasteiger partial charge in [-0.2, -0.15) is 5.26 Å². The molecule has 0 bridgehead atoms. The van der Waals surface area contributed by atoms with Gasteiger partial charge in [0.25, 0.3) is 0 Å². The third-order valence-corrected chi connectivity index (χ3v) is 3.54. The largest absolute Gasteiger partial charge is 0.573 e. The minimum absolute atomic E-state index is 0.125. The van der Waals surface area contributed by atoms with Crippen molar-refractivity contribution in [2.75, 3.05) is 0 Å². The molecule has 0 aliphatic heterocycles. The first-order valence-corrected chi connectivity index (χ1v) is 7.22. The summed E-state index contributed by atoms with van der Waals surface area (Å²) < 4.78 is 40.2. The standard InChI is InChI=1S/C18H9F3N2O3/c19-18(20,21)26-11-7-5-10(6-8-11)23-14(9-22)15-16(24)12-3-1-2-4-13(12)17(15)25/h1-8,24H. The molecular formula is C18H9F3N2O3. The number of aliphatic hydroxyl groups is 1. The Labute approximate surface area is 145 Å². The number of aliphatic imine (C=N–C) groups is 1. The van der Waals surface area contributed by atoms with Gasteiger partial charge in [0.1, 0.15) is 23.2 Å². The first-order chi connectivity index (χ1) is 12.3. The fraction of sp³-hybridized carbons (Fsp3) is 0.0556. The Morgan fingerprint density at radius 1 is 1.08 bits per heavy atom. The molecule has 0 aromatic heterocycles. The van der Waals surface area contributed by atoms with Gasteiger partial charge < -0.3 is 9.84 Å². The van der Waals surface area contributed by atoms with Crippen LogP contribution in [0.4, 0.5) is 18.9 Å². The second kappa shape index (κ2) is 6.37. The number of carbonyl (C=O) groups is 1. The van der Waals surface area contributed by atoms with Crippen molar-refractivity contribution in [3.63, 3.8) is 0 Å². The van der Waals surface area contributed by atoms with Crippen molar-refractivity contribution in [1.29, 1.82) is 5.26 Å². The van der Waals surface area contributed by atoms with Gasteiger partial charge in [-0.1, -0.05) is 24.3 Å². The van der Waals surface area contributed by atoms with Crippen LogP contribution < -0.4 is 4.74 Å². The monoisotopic (exact) mass is 358 g/mol. The number of hydrogen-bond donors (Lipinski definition) is 1. The predicted molar refractivity (Wildman–Crippen MR) is 86.2 cm³/mol. The number of ketones is 1. The van der Waals surface area contributed by atoms with Crippen molar-refractivity contribution in [2.24, 2.45) is 4.99 Å². The number of ether oxygens (including phenoxy) is 1. The van der Waals surface area contributed by atoms with Crippen molar-refractivity contribution in [3.05, 3.63) is 65.2 Å². The van der Waals surface area contributed by atoms with Gasteiger partial charge in [-0.25, -0.2) is 4.99 Å². The number of fused-ring (bicyclic) bond motifs is 1. The van der Waals surface area contributed by atoms with Gasteiger partial charge in [-0.05, 0) is 24.3 Å². The number of nitriles is 1. The number of hydrogen-bond acceptors (Lipinski definition) is 5. The molecule has 5 nitrogen and oxygen atoms in total. The average molecular weight is 358 g/mol. The quantitative estimate of drug-likeness (QED) is 0.827. The van der Waals surface area contributed by atoms with E-state index in [1.54, 1.807) is 18.2 Å². The zero-order valence-corrected chi connectivity index (χ0v) is 12.9. The van der Waals surface area contributed by atoms with Gasteiger partial charge in [0.05, 0.1) is 5.69 Å². The molecule has 1 aliphatic carbocycles. The van der Waals surface area contributed by atoms with Crippen molar-refractivity contribution in [1.82, 2.24) is 0 Å². The van der Waals surface area contributed by atoms with Crippen LogP contribution >= 0.6 is 0 Å². The lowest BCUT2D eigenvalue weighted by Crippen LogP contribution is -2.16. The van der Waals surface area contributed by atoms with E-state index in [1.807, 2.05) is 0 Å². The van der Waals surface area contributed by atoms with Crippen molar-refractivity contribution >= 4 is 22.9 Å². The van der Waals surface area contributed by atoms with E-state index in [4.69, 9.17) is 0 Å². The van der Waals surface area contributed by atoms with Gasteiger partial charge in [-0.3, -0.25) is 4.79 Å². The van der Waals surface area contributed by atoms with Crippen molar-refractivity contribution < 1.29 is 27.8 Å². The summed E-state index contributed by atoms with van der Waals surface area (Å²) in [5, 5.41) is 19.6. The Morgan fingerprint density at radius 3 is 2.23 bits per heavy atom. The highest BCUT2D eigenvalue weighted by Gasteiger charge is 2.33. The molecule has 0 unspecified atom stereocenters. The van der Waals surface area contributed by atoms with Crippen LogP contribution in [0, 0.1) is 11.3 Å². The van der Waals surface area contributed by atoms with E-state index in [9.17, 15) is 28.3 Å². The molecule has 130 valence electrons. The van der Waals surface area contributed by atoms with Gasteiger partial charge in [-0.15, -0.1) is 13.2 Å². The Hall–Kier alpha value is -3.60. The van der Waals surface area contributed by atoms with E-state index in [0.29, 0.717) is 5.56 Å². The van der Waals surface area contributed by atoms with Gasteiger partial charge in [0, 0.05) is 11.1 Å². The fourth-order valence-corrected chi connectivity index (χ4v) is 2.47. The minimum Gasteiger partial charge on any atom is -0.506 e. The van der Waals surface area contributed by atoms with E-state index in [-0.39, 0.29) is 28.3 Å². The summed E-state index contributed by atoms with van der Waals surface area (Å²) in [5.74, 6) is -1.35. The minimum atomic E-state index is -4.82. The van der Waals surface area contributed by atoms with E-state index >= 15 is 0 Å². The van der Waals surface area contributed by atoms with E-state index < -0.39 is 17.9 Å². The van der Waals surface area contributed by atoms with Crippen LogP contribution in [0.3, 0.4) is 0 Å². The predicted octanol–water partition coefficient (Wildman–Crippen LogP) is 4.35. The summed E-state index contributed by atoms with van der Waals surface area (Å²) in [5.41, 5.74) is 0.0823. The molecular weight excluding hydrogens is 349 g/mol. The van der Waals surface area contributed by atoms with Crippen LogP contribution in [0.5, 0.6) is 5.75 Å². The summed E-state index contributed by atoms with van der Waals surface area (Å²) in [6, 6.07) is 12.5. The lowest BCUT2D eigenvalue weighted by atomic mass is 10.1. The summed E-state index contributed by atoms with van der Waals surface area (Å²) in [4.78, 5) is 16.4. The fourth-order valence-electron chi connectivity index (χ4n) is 2.47. The van der Waals surface area contributed by atoms with Crippen LogP contribution in [0.1, 0.15) is 15.9 Å². The van der Waals surface area contributed by atoms with E-state index in [2.05, 4.69) is 9.73 Å². The van der Waals surface area contributed by atoms with Crippen LogP contribution in [0.25, 0.3) is 5.76 Å². The molecule has 0 fully saturated rings. The van der Waals surface area contributed by atoms with Crippen molar-refractivity contribution in [3.8, 4) is 11.8 Å². The lowest BCUT2D eigenvalue weighted by molar-refractivity contribution is -0.274. The number of alkyl halides is 3. The van der Waals surface area contributed by atoms with Crippen LogP contribution in [0.15, 0.2) is 59.1 Å². The average Bonchev–Trinajstić information content (AvgIpc) is 2.85. The molecule has 3 rings (SSSR count). The number of rotatable bonds is 3. The zero-order valence-electron chi connectivity index (χ0n) is 12.9. The third kappa shape index (κ3) is 3.28. The Balaban J connectivity index is 1.94. The smallest absolute Gasteiger partial charge is 0.506 e. The maximum absolute atomic E-state index is 12.4. The molecule has 0 saturated carbocycles. The maximum atomic E-state index is 12.4. The summed E-state index contributed by atoms with van der Waals surface area (Å²) in [6.45, 7) is 0. The Bertz CT molecular complexity index is 984. The number of nitrogens with zero attached hydrogens (tertiary/aromatic N) is 2. The van der Waals surface area contributed by atoms with Crippen LogP contribution in [-0.2, 0) is 0 Å². The molecule has 0 heterocycles. The molecule has 0 spiro atoms. The summed E-state index contributed by atoms with van der Waals surface area (Å²) in [6.07, 6.45) is -4.82. The van der Waals surface area contributed by atoms with Crippen molar-refractivity contribution in [2.45, 2.75) is 6.36 Å². The number of aliphatic hydroxyl groups excluding tert-OH is 1. The topological polar surface area (TPSA) is 82.7 Å². The summed E-state index contributed by atoms with van der Waals surface area (Å²) in [7, 11) is 0. The molecule has 8 heteroatoms. The second-order valence-corrected chi connectivity index (χ2v) is 5.21. The third-order valence-electron chi connectivity index (χ3n) is 3.54. The van der Waals surface area contributed by atoms with Gasteiger partial charge in [0.2, 0.25) is 0 Å². The highest BCUT2D eigenvalue weighted by atomic mass is 19.4. The first-order valence-electron chi connectivity index (χ1n) is 7.22. The molecule has 0 amide bonds. The van der Waals surface area contributed by atoms with Crippen LogP contribution in [0.2, 0.25) is 0 Å². The molecule has 1 N–H and O–H groups in total. The highest BCUT2D eigenvalue weighted by Crippen LogP contribution is 2.32. The molecule has 26 heavy (non-hydrogen) atoms. The molecule has 2 aromatic carbocycles. The summed E-state index contributed by atoms with van der Waals surface area (Å²) >= 11 is 0. The lowest BCUT2D eigenvalue weighted by Gasteiger charge is -2.08. The molecule has 1 aliphatic rings. The molecule has 0 saturated heterocycles. The normalized spacial score (nSPS) is 14.2. The SMILES string of the molecule is N#CC(=Nc1ccc(OC(F)(F)F)cc1)C1=C(O)c2ccccc2C1=O. The number of carbonyl (C=O) groups excluding carboxylic acids is 1. The second-order valence-electron chi connectivity index (χ2n) is 5.21. The highest BCUT2D eigenvalue weighted by molar-refractivity contribution is 6.39. The zero-order chi connectivity index (χ0) is 18.9.